The van der Waals surface area contributed by atoms with E-state index in [9.17, 15) is 0 Å². The Morgan fingerprint density at radius 2 is 1.92 bits per heavy atom. The third-order valence-corrected chi connectivity index (χ3v) is 4.28. The first kappa shape index (κ1) is 15.5. The lowest BCUT2D eigenvalue weighted by molar-refractivity contribution is 0.428. The van der Waals surface area contributed by atoms with Gasteiger partial charge in [-0.05, 0) is 48.1 Å². The molecule has 0 aromatic heterocycles. The molecule has 0 bridgehead atoms. The second-order valence-electron chi connectivity index (χ2n) is 5.86. The average Bonchev–Trinajstić information content (AvgIpc) is 2.60. The van der Waals surface area contributed by atoms with Gasteiger partial charge >= 0.3 is 0 Å². The van der Waals surface area contributed by atoms with Gasteiger partial charge in [-0.1, -0.05) is 24.3 Å². The number of rotatable bonds is 2. The summed E-state index contributed by atoms with van der Waals surface area (Å²) in [6, 6.07) is 13.4. The summed E-state index contributed by atoms with van der Waals surface area (Å²) in [4.78, 5) is 4.01. The van der Waals surface area contributed by atoms with Gasteiger partial charge in [0.15, 0.2) is 0 Å². The van der Waals surface area contributed by atoms with E-state index in [0.717, 1.165) is 39.5 Å². The van der Waals surface area contributed by atoms with Gasteiger partial charge in [0.2, 0.25) is 0 Å². The van der Waals surface area contributed by atoms with Crippen LogP contribution in [-0.2, 0) is 0 Å². The summed E-state index contributed by atoms with van der Waals surface area (Å²) in [5.41, 5.74) is 17.5. The summed E-state index contributed by atoms with van der Waals surface area (Å²) in [7, 11) is 0. The van der Waals surface area contributed by atoms with Crippen LogP contribution in [0.25, 0.3) is 5.57 Å². The fourth-order valence-corrected chi connectivity index (χ4v) is 3.17. The highest BCUT2D eigenvalue weighted by molar-refractivity contribution is 7.78. The summed E-state index contributed by atoms with van der Waals surface area (Å²) in [6.45, 7) is 0. The highest BCUT2D eigenvalue weighted by Crippen LogP contribution is 2.43. The summed E-state index contributed by atoms with van der Waals surface area (Å²) in [6.07, 6.45) is 5.87. The van der Waals surface area contributed by atoms with Crippen molar-refractivity contribution in [3.05, 3.63) is 83.2 Å². The molecule has 4 rings (SSSR count). The molecule has 1 unspecified atom stereocenters. The van der Waals surface area contributed by atoms with Crippen LogP contribution in [0.4, 0.5) is 11.4 Å². The molecule has 122 valence electrons. The Hall–Kier alpha value is -2.98. The number of hydrogen-bond donors (Lipinski definition) is 2. The number of benzene rings is 2. The van der Waals surface area contributed by atoms with Gasteiger partial charge in [0.1, 0.15) is 11.5 Å². The van der Waals surface area contributed by atoms with Crippen molar-refractivity contribution in [1.82, 2.24) is 0 Å². The maximum Gasteiger partial charge on any atom is 0.137 e. The third kappa shape index (κ3) is 2.81. The van der Waals surface area contributed by atoms with Crippen molar-refractivity contribution >= 4 is 34.3 Å². The van der Waals surface area contributed by atoms with Crippen LogP contribution in [0, 0.1) is 0 Å². The molecule has 2 aromatic carbocycles. The first-order valence-electron chi connectivity index (χ1n) is 7.82. The Morgan fingerprint density at radius 3 is 2.68 bits per heavy atom. The molecule has 4 nitrogen and oxygen atoms in total. The van der Waals surface area contributed by atoms with Crippen molar-refractivity contribution in [3.8, 4) is 5.75 Å². The van der Waals surface area contributed by atoms with Crippen molar-refractivity contribution in [1.29, 1.82) is 0 Å². The maximum atomic E-state index is 6.05. The van der Waals surface area contributed by atoms with Crippen LogP contribution in [0.5, 0.6) is 5.75 Å². The second kappa shape index (κ2) is 6.15. The van der Waals surface area contributed by atoms with Crippen LogP contribution in [0.1, 0.15) is 11.1 Å². The number of allylic oxidation sites excluding steroid dienone is 1. The number of nitrogen functional groups attached to an aromatic ring is 1. The fraction of sp³-hybridized carbons (Fsp3) is 0.0500. The van der Waals surface area contributed by atoms with Gasteiger partial charge in [-0.3, -0.25) is 0 Å². The smallest absolute Gasteiger partial charge is 0.137 e. The molecule has 5 heteroatoms. The Bertz CT molecular complexity index is 996. The SMILES string of the molecule is Nc1ccc2c(c1)OC1=CC(N)C=CC1=C2c1ccc(N=C=S)cc1. The predicted octanol–water partition coefficient (Wildman–Crippen LogP) is 3.98. The topological polar surface area (TPSA) is 73.6 Å². The van der Waals surface area contributed by atoms with E-state index >= 15 is 0 Å². The minimum atomic E-state index is -0.165. The molecular formula is C20H15N3OS. The molecule has 0 saturated heterocycles. The number of isothiocyanates is 1. The molecule has 25 heavy (non-hydrogen) atoms. The highest BCUT2D eigenvalue weighted by Gasteiger charge is 2.26. The van der Waals surface area contributed by atoms with Crippen LogP contribution < -0.4 is 16.2 Å². The van der Waals surface area contributed by atoms with Crippen molar-refractivity contribution in [2.45, 2.75) is 6.04 Å². The molecule has 0 saturated carbocycles. The third-order valence-electron chi connectivity index (χ3n) is 4.19. The van der Waals surface area contributed by atoms with Crippen LogP contribution in [0.3, 0.4) is 0 Å². The van der Waals surface area contributed by atoms with Gasteiger partial charge in [0.05, 0.1) is 10.8 Å². The Kier molecular flexibility index (Phi) is 3.82. The fourth-order valence-electron chi connectivity index (χ4n) is 3.06. The molecule has 0 radical (unpaired) electrons. The van der Waals surface area contributed by atoms with Crippen molar-refractivity contribution in [2.24, 2.45) is 10.7 Å². The van der Waals surface area contributed by atoms with Crippen LogP contribution in [0.15, 0.2) is 77.0 Å². The van der Waals surface area contributed by atoms with Gasteiger partial charge in [0.25, 0.3) is 0 Å². The zero-order chi connectivity index (χ0) is 17.4. The number of hydrogen-bond acceptors (Lipinski definition) is 5. The molecule has 0 amide bonds. The maximum absolute atomic E-state index is 6.05. The molecule has 2 aromatic rings. The van der Waals surface area contributed by atoms with Gasteiger partial charge in [0, 0.05) is 34.5 Å². The Balaban J connectivity index is 1.94. The number of nitrogens with zero attached hydrogens (tertiary/aromatic N) is 1. The van der Waals surface area contributed by atoms with E-state index in [4.69, 9.17) is 16.2 Å². The number of ether oxygens (including phenoxy) is 1. The number of nitrogens with two attached hydrogens (primary N) is 2. The Labute approximate surface area is 150 Å². The minimum absolute atomic E-state index is 0.165. The van der Waals surface area contributed by atoms with E-state index in [1.54, 1.807) is 0 Å². The number of thiocarbonyl (C=S) groups is 1. The largest absolute Gasteiger partial charge is 0.456 e. The lowest BCUT2D eigenvalue weighted by atomic mass is 9.87. The van der Waals surface area contributed by atoms with E-state index in [2.05, 4.69) is 22.4 Å². The number of aliphatic imine (C=N–C) groups is 1. The quantitative estimate of drug-likeness (QED) is 0.490. The van der Waals surface area contributed by atoms with Crippen molar-refractivity contribution in [3.63, 3.8) is 0 Å². The molecule has 0 fully saturated rings. The first-order valence-corrected chi connectivity index (χ1v) is 8.23. The highest BCUT2D eigenvalue weighted by atomic mass is 32.1. The lowest BCUT2D eigenvalue weighted by Crippen LogP contribution is -2.21. The second-order valence-corrected chi connectivity index (χ2v) is 6.05. The van der Waals surface area contributed by atoms with Crippen LogP contribution >= 0.6 is 12.2 Å². The van der Waals surface area contributed by atoms with Gasteiger partial charge in [-0.25, -0.2) is 0 Å². The molecule has 1 aliphatic carbocycles. The number of anilines is 1. The van der Waals surface area contributed by atoms with E-state index < -0.39 is 0 Å². The van der Waals surface area contributed by atoms with E-state index in [1.165, 1.54) is 0 Å². The average molecular weight is 345 g/mol. The van der Waals surface area contributed by atoms with Crippen LogP contribution in [0.2, 0.25) is 0 Å². The zero-order valence-electron chi connectivity index (χ0n) is 13.3. The molecule has 1 atom stereocenters. The molecule has 1 aliphatic heterocycles. The van der Waals surface area contributed by atoms with Gasteiger partial charge < -0.3 is 16.2 Å². The monoisotopic (exact) mass is 345 g/mol. The summed E-state index contributed by atoms with van der Waals surface area (Å²) < 4.78 is 6.05. The standard InChI is InChI=1S/C20H15N3OS/c21-13-3-7-16-18(9-13)24-19-10-14(22)4-8-17(19)20(16)12-1-5-15(6-2-12)23-11-25/h1-10,13H,21-22H2. The van der Waals surface area contributed by atoms with Gasteiger partial charge in [-0.15, -0.1) is 0 Å². The molecule has 4 N–H and O–H groups in total. The molecular weight excluding hydrogens is 330 g/mol. The van der Waals surface area contributed by atoms with E-state index in [0.29, 0.717) is 5.69 Å². The normalized spacial score (nSPS) is 17.8. The number of fused-ring (bicyclic) bond motifs is 2. The summed E-state index contributed by atoms with van der Waals surface area (Å²) >= 11 is 4.66. The Morgan fingerprint density at radius 1 is 1.12 bits per heavy atom. The predicted molar refractivity (Wildman–Crippen MR) is 104 cm³/mol. The zero-order valence-corrected chi connectivity index (χ0v) is 14.1. The van der Waals surface area contributed by atoms with E-state index in [1.807, 2.05) is 60.7 Å². The molecule has 1 heterocycles. The summed E-state index contributed by atoms with van der Waals surface area (Å²) in [5, 5.41) is 2.38. The van der Waals surface area contributed by atoms with Crippen LogP contribution in [-0.4, -0.2) is 11.2 Å². The lowest BCUT2D eigenvalue weighted by Gasteiger charge is -2.27. The van der Waals surface area contributed by atoms with Crippen molar-refractivity contribution < 1.29 is 4.74 Å². The summed E-state index contributed by atoms with van der Waals surface area (Å²) in [5.74, 6) is 1.48. The molecule has 2 aliphatic rings. The molecule has 0 spiro atoms. The van der Waals surface area contributed by atoms with E-state index in [-0.39, 0.29) is 6.04 Å². The van der Waals surface area contributed by atoms with Gasteiger partial charge in [-0.2, -0.15) is 4.99 Å². The minimum Gasteiger partial charge on any atom is -0.456 e. The van der Waals surface area contributed by atoms with Crippen molar-refractivity contribution in [2.75, 3.05) is 5.73 Å². The first-order chi connectivity index (χ1) is 12.2.